The topological polar surface area (TPSA) is 20.3 Å². The van der Waals surface area contributed by atoms with Crippen molar-refractivity contribution in [1.29, 1.82) is 0 Å². The minimum absolute atomic E-state index is 0.0356. The second kappa shape index (κ2) is 6.87. The van der Waals surface area contributed by atoms with Gasteiger partial charge in [-0.2, -0.15) is 0 Å². The summed E-state index contributed by atoms with van der Waals surface area (Å²) in [6, 6.07) is 9.93. The van der Waals surface area contributed by atoms with Crippen molar-refractivity contribution in [2.45, 2.75) is 19.4 Å². The van der Waals surface area contributed by atoms with Crippen LogP contribution in [-0.4, -0.2) is 23.9 Å². The molecule has 0 spiro atoms. The van der Waals surface area contributed by atoms with Crippen molar-refractivity contribution in [2.75, 3.05) is 7.05 Å². The zero-order valence-corrected chi connectivity index (χ0v) is 15.3. The fraction of sp³-hybridized carbons (Fsp3) is 0.267. The molecular weight excluding hydrogens is 402 g/mol. The molecule has 1 unspecified atom stereocenters. The predicted molar refractivity (Wildman–Crippen MR) is 91.4 cm³/mol. The van der Waals surface area contributed by atoms with Crippen molar-refractivity contribution in [3.8, 4) is 0 Å². The van der Waals surface area contributed by atoms with Gasteiger partial charge in [-0.3, -0.25) is 4.79 Å². The van der Waals surface area contributed by atoms with Gasteiger partial charge in [-0.1, -0.05) is 22.0 Å². The van der Waals surface area contributed by atoms with E-state index in [1.165, 1.54) is 4.88 Å². The first-order chi connectivity index (χ1) is 9.49. The molecule has 2 nitrogen and oxygen atoms in total. The Morgan fingerprint density at radius 2 is 2.10 bits per heavy atom. The molecule has 1 heterocycles. The van der Waals surface area contributed by atoms with Crippen LogP contribution in [0.4, 0.5) is 0 Å². The third-order valence-electron chi connectivity index (χ3n) is 3.22. The number of benzene rings is 1. The zero-order chi connectivity index (χ0) is 14.7. The monoisotopic (exact) mass is 415 g/mol. The number of likely N-dealkylation sites (N-methyl/N-ethyl adjacent to an activating group) is 1. The van der Waals surface area contributed by atoms with Crippen LogP contribution in [0.3, 0.4) is 0 Å². The highest BCUT2D eigenvalue weighted by Gasteiger charge is 2.20. The average molecular weight is 417 g/mol. The van der Waals surface area contributed by atoms with Crippen LogP contribution in [0.5, 0.6) is 0 Å². The minimum Gasteiger partial charge on any atom is -0.339 e. The SMILES string of the molecule is CC(Cc1cccs1)N(C)C(=O)c1ccc(Br)cc1Br. The minimum atomic E-state index is 0.0356. The molecule has 0 bridgehead atoms. The number of amides is 1. The number of carbonyl (C=O) groups excluding carboxylic acids is 1. The molecule has 1 aromatic carbocycles. The summed E-state index contributed by atoms with van der Waals surface area (Å²) in [5, 5.41) is 2.06. The van der Waals surface area contributed by atoms with E-state index in [9.17, 15) is 4.79 Å². The van der Waals surface area contributed by atoms with Gasteiger partial charge in [0.25, 0.3) is 5.91 Å². The van der Waals surface area contributed by atoms with Crippen LogP contribution in [0.15, 0.2) is 44.7 Å². The summed E-state index contributed by atoms with van der Waals surface area (Å²) < 4.78 is 1.77. The van der Waals surface area contributed by atoms with E-state index in [0.717, 1.165) is 15.4 Å². The molecule has 1 atom stereocenters. The summed E-state index contributed by atoms with van der Waals surface area (Å²) >= 11 is 8.58. The van der Waals surface area contributed by atoms with Crippen LogP contribution >= 0.6 is 43.2 Å². The summed E-state index contributed by atoms with van der Waals surface area (Å²) in [6.07, 6.45) is 0.883. The molecule has 106 valence electrons. The third kappa shape index (κ3) is 3.71. The number of hydrogen-bond donors (Lipinski definition) is 0. The summed E-state index contributed by atoms with van der Waals surface area (Å²) in [4.78, 5) is 15.6. The van der Waals surface area contributed by atoms with E-state index in [-0.39, 0.29) is 11.9 Å². The van der Waals surface area contributed by atoms with Crippen LogP contribution in [0.25, 0.3) is 0 Å². The molecule has 0 aliphatic rings. The number of hydrogen-bond acceptors (Lipinski definition) is 2. The predicted octanol–water partition coefficient (Wildman–Crippen LogP) is 4.98. The summed E-state index contributed by atoms with van der Waals surface area (Å²) in [5.74, 6) is 0.0356. The lowest BCUT2D eigenvalue weighted by atomic mass is 10.1. The van der Waals surface area contributed by atoms with Gasteiger partial charge in [-0.05, 0) is 52.5 Å². The van der Waals surface area contributed by atoms with Crippen molar-refractivity contribution in [3.05, 3.63) is 55.1 Å². The molecule has 2 rings (SSSR count). The third-order valence-corrected chi connectivity index (χ3v) is 5.27. The second-order valence-electron chi connectivity index (χ2n) is 4.67. The summed E-state index contributed by atoms with van der Waals surface area (Å²) in [5.41, 5.74) is 0.689. The number of rotatable bonds is 4. The van der Waals surface area contributed by atoms with E-state index in [2.05, 4.69) is 50.2 Å². The highest BCUT2D eigenvalue weighted by atomic mass is 79.9. The Labute approximate surface area is 140 Å². The van der Waals surface area contributed by atoms with Crippen molar-refractivity contribution < 1.29 is 4.79 Å². The summed E-state index contributed by atoms with van der Waals surface area (Å²) in [6.45, 7) is 2.07. The lowest BCUT2D eigenvalue weighted by Crippen LogP contribution is -2.36. The van der Waals surface area contributed by atoms with Crippen LogP contribution in [-0.2, 0) is 6.42 Å². The van der Waals surface area contributed by atoms with Gasteiger partial charge in [0.1, 0.15) is 0 Å². The maximum atomic E-state index is 12.5. The van der Waals surface area contributed by atoms with E-state index in [0.29, 0.717) is 5.56 Å². The second-order valence-corrected chi connectivity index (χ2v) is 7.47. The molecular formula is C15H15Br2NOS. The fourth-order valence-electron chi connectivity index (χ4n) is 1.91. The molecule has 1 aromatic heterocycles. The van der Waals surface area contributed by atoms with Crippen molar-refractivity contribution in [2.24, 2.45) is 0 Å². The Morgan fingerprint density at radius 3 is 2.70 bits per heavy atom. The van der Waals surface area contributed by atoms with Gasteiger partial charge in [0.2, 0.25) is 0 Å². The standard InChI is InChI=1S/C15H15Br2NOS/c1-10(8-12-4-3-7-20-12)18(2)15(19)13-6-5-11(16)9-14(13)17/h3-7,9-10H,8H2,1-2H3. The Balaban J connectivity index is 2.11. The van der Waals surface area contributed by atoms with Gasteiger partial charge in [0.05, 0.1) is 5.56 Å². The number of carbonyl (C=O) groups is 1. The largest absolute Gasteiger partial charge is 0.339 e. The molecule has 20 heavy (non-hydrogen) atoms. The quantitative estimate of drug-likeness (QED) is 0.688. The van der Waals surface area contributed by atoms with E-state index in [1.54, 1.807) is 16.2 Å². The van der Waals surface area contributed by atoms with Crippen LogP contribution in [0.1, 0.15) is 22.2 Å². The molecule has 0 N–H and O–H groups in total. The van der Waals surface area contributed by atoms with E-state index >= 15 is 0 Å². The number of nitrogens with zero attached hydrogens (tertiary/aromatic N) is 1. The highest BCUT2D eigenvalue weighted by Crippen LogP contribution is 2.24. The molecule has 2 aromatic rings. The number of halogens is 2. The van der Waals surface area contributed by atoms with Gasteiger partial charge in [-0.25, -0.2) is 0 Å². The number of thiophene rings is 1. The fourth-order valence-corrected chi connectivity index (χ4v) is 3.95. The average Bonchev–Trinajstić information content (AvgIpc) is 2.90. The van der Waals surface area contributed by atoms with Gasteiger partial charge < -0.3 is 4.90 Å². The highest BCUT2D eigenvalue weighted by molar-refractivity contribution is 9.11. The van der Waals surface area contributed by atoms with Crippen molar-refractivity contribution in [1.82, 2.24) is 4.90 Å². The van der Waals surface area contributed by atoms with Crippen LogP contribution < -0.4 is 0 Å². The van der Waals surface area contributed by atoms with E-state index in [1.807, 2.05) is 31.3 Å². The van der Waals surface area contributed by atoms with E-state index in [4.69, 9.17) is 0 Å². The first kappa shape index (κ1) is 15.7. The first-order valence-corrected chi connectivity index (χ1v) is 8.70. The van der Waals surface area contributed by atoms with Gasteiger partial charge in [0, 0.05) is 33.3 Å². The lowest BCUT2D eigenvalue weighted by molar-refractivity contribution is 0.0743. The van der Waals surface area contributed by atoms with Gasteiger partial charge in [-0.15, -0.1) is 11.3 Å². The molecule has 0 saturated heterocycles. The Morgan fingerprint density at radius 1 is 1.35 bits per heavy atom. The molecule has 5 heteroatoms. The molecule has 0 aliphatic carbocycles. The van der Waals surface area contributed by atoms with Crippen molar-refractivity contribution >= 4 is 49.1 Å². The Bertz CT molecular complexity index is 598. The molecule has 0 aliphatic heterocycles. The van der Waals surface area contributed by atoms with Gasteiger partial charge >= 0.3 is 0 Å². The molecule has 0 radical (unpaired) electrons. The first-order valence-electron chi connectivity index (χ1n) is 6.23. The van der Waals surface area contributed by atoms with Crippen molar-refractivity contribution in [3.63, 3.8) is 0 Å². The Hall–Kier alpha value is -0.650. The summed E-state index contributed by atoms with van der Waals surface area (Å²) in [7, 11) is 1.86. The van der Waals surface area contributed by atoms with Crippen LogP contribution in [0, 0.1) is 0 Å². The Kier molecular flexibility index (Phi) is 5.41. The van der Waals surface area contributed by atoms with Gasteiger partial charge in [0.15, 0.2) is 0 Å². The van der Waals surface area contributed by atoms with E-state index < -0.39 is 0 Å². The lowest BCUT2D eigenvalue weighted by Gasteiger charge is -2.25. The smallest absolute Gasteiger partial charge is 0.254 e. The maximum Gasteiger partial charge on any atom is 0.254 e. The maximum absolute atomic E-state index is 12.5. The zero-order valence-electron chi connectivity index (χ0n) is 11.3. The van der Waals surface area contributed by atoms with Crippen LogP contribution in [0.2, 0.25) is 0 Å². The normalized spacial score (nSPS) is 12.2. The molecule has 0 saturated carbocycles. The molecule has 0 fully saturated rings. The molecule has 1 amide bonds.